The first-order valence-corrected chi connectivity index (χ1v) is 6.63. The molecule has 0 aliphatic heterocycles. The summed E-state index contributed by atoms with van der Waals surface area (Å²) in [7, 11) is 0. The maximum Gasteiger partial charge on any atom is 0.205 e. The number of hydrogen-bond donors (Lipinski definition) is 2. The van der Waals surface area contributed by atoms with Crippen LogP contribution in [0.4, 0.5) is 5.13 Å². The molecule has 0 amide bonds. The van der Waals surface area contributed by atoms with Crippen molar-refractivity contribution >= 4 is 27.8 Å². The summed E-state index contributed by atoms with van der Waals surface area (Å²) in [4.78, 5) is 0. The molecule has 0 saturated carbocycles. The molecule has 0 spiro atoms. The highest BCUT2D eigenvalue weighted by molar-refractivity contribution is 7.15. The molecule has 2 heterocycles. The summed E-state index contributed by atoms with van der Waals surface area (Å²) in [6, 6.07) is 1.93. The van der Waals surface area contributed by atoms with Gasteiger partial charge in [0.05, 0.1) is 0 Å². The second kappa shape index (κ2) is 4.48. The van der Waals surface area contributed by atoms with Crippen LogP contribution in [0, 0.1) is 6.92 Å². The second-order valence-corrected chi connectivity index (χ2v) is 5.73. The van der Waals surface area contributed by atoms with Gasteiger partial charge in [0, 0.05) is 6.54 Å². The summed E-state index contributed by atoms with van der Waals surface area (Å²) in [5, 5.41) is 26.8. The Balaban J connectivity index is 2.00. The molecule has 2 N–H and O–H groups in total. The smallest absolute Gasteiger partial charge is 0.205 e. The fourth-order valence-electron chi connectivity index (χ4n) is 1.29. The van der Waals surface area contributed by atoms with E-state index in [2.05, 4.69) is 15.5 Å². The minimum Gasteiger partial charge on any atom is -0.384 e. The quantitative estimate of drug-likeness (QED) is 0.879. The van der Waals surface area contributed by atoms with E-state index in [1.807, 2.05) is 23.8 Å². The van der Waals surface area contributed by atoms with Gasteiger partial charge in [0.2, 0.25) is 5.13 Å². The zero-order chi connectivity index (χ0) is 11.6. The Morgan fingerprint density at radius 1 is 1.50 bits per heavy atom. The highest BCUT2D eigenvalue weighted by Gasteiger charge is 2.23. The molecule has 2 aromatic heterocycles. The van der Waals surface area contributed by atoms with Crippen molar-refractivity contribution in [2.24, 2.45) is 0 Å². The van der Waals surface area contributed by atoms with Crippen molar-refractivity contribution in [2.45, 2.75) is 19.4 Å². The first kappa shape index (κ1) is 11.5. The van der Waals surface area contributed by atoms with Crippen molar-refractivity contribution in [2.75, 3.05) is 11.9 Å². The molecule has 6 heteroatoms. The summed E-state index contributed by atoms with van der Waals surface area (Å²) in [5.74, 6) is 0. The van der Waals surface area contributed by atoms with Crippen LogP contribution < -0.4 is 5.32 Å². The van der Waals surface area contributed by atoms with Crippen LogP contribution in [-0.4, -0.2) is 21.8 Å². The van der Waals surface area contributed by atoms with Crippen molar-refractivity contribution < 1.29 is 5.11 Å². The maximum absolute atomic E-state index is 10.2. The van der Waals surface area contributed by atoms with Crippen LogP contribution in [0.2, 0.25) is 0 Å². The largest absolute Gasteiger partial charge is 0.384 e. The van der Waals surface area contributed by atoms with Crippen LogP contribution >= 0.6 is 22.7 Å². The Morgan fingerprint density at radius 3 is 2.88 bits per heavy atom. The van der Waals surface area contributed by atoms with Gasteiger partial charge >= 0.3 is 0 Å². The molecule has 0 saturated heterocycles. The van der Waals surface area contributed by atoms with Gasteiger partial charge in [-0.05, 0) is 36.2 Å². The zero-order valence-corrected chi connectivity index (χ0v) is 10.7. The van der Waals surface area contributed by atoms with Gasteiger partial charge in [0.1, 0.15) is 10.6 Å². The van der Waals surface area contributed by atoms with E-state index in [9.17, 15) is 5.11 Å². The number of nitrogens with one attached hydrogen (secondary N) is 1. The Kier molecular flexibility index (Phi) is 3.22. The summed E-state index contributed by atoms with van der Waals surface area (Å²) in [5.41, 5.74) is 0.0470. The molecule has 86 valence electrons. The van der Waals surface area contributed by atoms with E-state index in [1.54, 1.807) is 18.3 Å². The summed E-state index contributed by atoms with van der Waals surface area (Å²) >= 11 is 3.06. The van der Waals surface area contributed by atoms with Crippen LogP contribution in [0.15, 0.2) is 16.8 Å². The number of aliphatic hydroxyl groups is 1. The number of hydrogen-bond acceptors (Lipinski definition) is 6. The molecule has 0 aliphatic carbocycles. The third kappa shape index (κ3) is 2.58. The minimum absolute atomic E-state index is 0.429. The Morgan fingerprint density at radius 2 is 2.31 bits per heavy atom. The van der Waals surface area contributed by atoms with Crippen LogP contribution in [0.3, 0.4) is 0 Å². The van der Waals surface area contributed by atoms with Gasteiger partial charge in [-0.3, -0.25) is 0 Å². The van der Waals surface area contributed by atoms with Gasteiger partial charge in [-0.25, -0.2) is 0 Å². The predicted molar refractivity (Wildman–Crippen MR) is 67.0 cm³/mol. The maximum atomic E-state index is 10.2. The van der Waals surface area contributed by atoms with E-state index in [4.69, 9.17) is 0 Å². The van der Waals surface area contributed by atoms with Crippen molar-refractivity contribution in [1.29, 1.82) is 0 Å². The third-order valence-electron chi connectivity index (χ3n) is 2.25. The Bertz CT molecular complexity index is 450. The number of aryl methyl sites for hydroxylation is 1. The Hall–Kier alpha value is -0.980. The van der Waals surface area contributed by atoms with E-state index in [0.29, 0.717) is 6.54 Å². The Labute approximate surface area is 102 Å². The van der Waals surface area contributed by atoms with Crippen LogP contribution in [-0.2, 0) is 5.60 Å². The average molecular weight is 255 g/mol. The molecule has 0 fully saturated rings. The van der Waals surface area contributed by atoms with E-state index in [1.165, 1.54) is 11.3 Å². The van der Waals surface area contributed by atoms with E-state index in [0.717, 1.165) is 15.7 Å². The molecule has 0 bridgehead atoms. The topological polar surface area (TPSA) is 58.0 Å². The van der Waals surface area contributed by atoms with E-state index in [-0.39, 0.29) is 0 Å². The van der Waals surface area contributed by atoms with Gasteiger partial charge in [0.25, 0.3) is 0 Å². The number of thiophene rings is 1. The zero-order valence-electron chi connectivity index (χ0n) is 9.10. The van der Waals surface area contributed by atoms with Gasteiger partial charge in [-0.2, -0.15) is 11.3 Å². The molecule has 0 aromatic carbocycles. The van der Waals surface area contributed by atoms with Crippen molar-refractivity contribution in [1.82, 2.24) is 10.2 Å². The molecular weight excluding hydrogens is 242 g/mol. The highest BCUT2D eigenvalue weighted by atomic mass is 32.1. The number of nitrogens with zero attached hydrogens (tertiary/aromatic N) is 2. The second-order valence-electron chi connectivity index (χ2n) is 3.77. The number of aromatic nitrogens is 2. The summed E-state index contributed by atoms with van der Waals surface area (Å²) in [6.07, 6.45) is 0. The predicted octanol–water partition coefficient (Wildman–Crippen LogP) is 2.23. The molecule has 1 atom stereocenters. The normalized spacial score (nSPS) is 14.7. The number of rotatable bonds is 4. The van der Waals surface area contributed by atoms with Crippen molar-refractivity contribution in [3.63, 3.8) is 0 Å². The van der Waals surface area contributed by atoms with Crippen LogP contribution in [0.5, 0.6) is 0 Å². The molecule has 0 aliphatic rings. The molecular formula is C10H13N3OS2. The first-order valence-electron chi connectivity index (χ1n) is 4.87. The molecule has 1 unspecified atom stereocenters. The third-order valence-corrected chi connectivity index (χ3v) is 3.73. The lowest BCUT2D eigenvalue weighted by Crippen LogP contribution is -2.30. The first-order chi connectivity index (χ1) is 7.58. The van der Waals surface area contributed by atoms with Crippen molar-refractivity contribution in [3.05, 3.63) is 27.4 Å². The molecule has 2 rings (SSSR count). The van der Waals surface area contributed by atoms with Gasteiger partial charge in [-0.1, -0.05) is 11.3 Å². The number of anilines is 1. The fraction of sp³-hybridized carbons (Fsp3) is 0.400. The average Bonchev–Trinajstić information content (AvgIpc) is 2.85. The standard InChI is InChI=1S/C10H13N3OS2/c1-7-12-13-9(16-7)11-6-10(2,14)8-3-4-15-5-8/h3-5,14H,6H2,1-2H3,(H,11,13). The van der Waals surface area contributed by atoms with Gasteiger partial charge in [-0.15, -0.1) is 10.2 Å². The lowest BCUT2D eigenvalue weighted by molar-refractivity contribution is 0.0720. The van der Waals surface area contributed by atoms with Gasteiger partial charge in [0.15, 0.2) is 0 Å². The molecule has 0 radical (unpaired) electrons. The SMILES string of the molecule is Cc1nnc(NCC(C)(O)c2ccsc2)s1. The van der Waals surface area contributed by atoms with Crippen LogP contribution in [0.25, 0.3) is 0 Å². The van der Waals surface area contributed by atoms with Crippen LogP contribution in [0.1, 0.15) is 17.5 Å². The summed E-state index contributed by atoms with van der Waals surface area (Å²) in [6.45, 7) is 4.12. The van der Waals surface area contributed by atoms with E-state index < -0.39 is 5.60 Å². The fourth-order valence-corrected chi connectivity index (χ4v) is 2.66. The molecule has 4 nitrogen and oxygen atoms in total. The minimum atomic E-state index is -0.875. The monoisotopic (exact) mass is 255 g/mol. The lowest BCUT2D eigenvalue weighted by atomic mass is 10.00. The van der Waals surface area contributed by atoms with Crippen molar-refractivity contribution in [3.8, 4) is 0 Å². The molecule has 2 aromatic rings. The van der Waals surface area contributed by atoms with E-state index >= 15 is 0 Å². The highest BCUT2D eigenvalue weighted by Crippen LogP contribution is 2.24. The molecule has 16 heavy (non-hydrogen) atoms. The van der Waals surface area contributed by atoms with Gasteiger partial charge < -0.3 is 10.4 Å². The lowest BCUT2D eigenvalue weighted by Gasteiger charge is -2.22. The summed E-state index contributed by atoms with van der Waals surface area (Å²) < 4.78 is 0.